The molecule has 1 aromatic rings. The zero-order chi connectivity index (χ0) is 10.6. The summed E-state index contributed by atoms with van der Waals surface area (Å²) in [6.45, 7) is 3.83. The maximum Gasteiger partial charge on any atom is 0.163 e. The zero-order valence-corrected chi connectivity index (χ0v) is 8.23. The highest BCUT2D eigenvalue weighted by molar-refractivity contribution is 5.52. The van der Waals surface area contributed by atoms with Crippen LogP contribution >= 0.6 is 0 Å². The van der Waals surface area contributed by atoms with E-state index in [1.165, 1.54) is 0 Å². The summed E-state index contributed by atoms with van der Waals surface area (Å²) in [4.78, 5) is 0. The number of nitrogens with two attached hydrogens (primary N) is 1. The van der Waals surface area contributed by atoms with Crippen LogP contribution in [0.15, 0.2) is 24.4 Å². The number of hydrogen-bond donors (Lipinski definition) is 1. The van der Waals surface area contributed by atoms with Crippen LogP contribution in [0, 0.1) is 11.3 Å². The minimum absolute atomic E-state index is 0.265. The van der Waals surface area contributed by atoms with Gasteiger partial charge in [0.05, 0.1) is 6.20 Å². The van der Waals surface area contributed by atoms with Gasteiger partial charge in [-0.1, -0.05) is 12.2 Å². The van der Waals surface area contributed by atoms with Crippen LogP contribution in [0.2, 0.25) is 0 Å². The fraction of sp³-hybridized carbons (Fsp3) is 0.200. The summed E-state index contributed by atoms with van der Waals surface area (Å²) < 4.78 is 1.59. The molecular formula is C10H12N4. The largest absolute Gasteiger partial charge is 0.381 e. The molecule has 0 aliphatic heterocycles. The Bertz CT molecular complexity index is 418. The van der Waals surface area contributed by atoms with E-state index in [-0.39, 0.29) is 5.82 Å². The predicted molar refractivity (Wildman–Crippen MR) is 56.1 cm³/mol. The fourth-order valence-corrected chi connectivity index (χ4v) is 0.966. The molecule has 0 saturated carbocycles. The molecule has 0 radical (unpaired) electrons. The molecule has 0 aromatic carbocycles. The van der Waals surface area contributed by atoms with E-state index in [2.05, 4.69) is 5.10 Å². The molecule has 1 rings (SSSR count). The van der Waals surface area contributed by atoms with E-state index in [1.54, 1.807) is 10.9 Å². The lowest BCUT2D eigenvalue weighted by molar-refractivity contribution is 0.901. The molecule has 0 spiro atoms. The molecule has 72 valence electrons. The molecule has 0 bridgehead atoms. The van der Waals surface area contributed by atoms with Gasteiger partial charge in [-0.2, -0.15) is 5.26 Å². The Balaban J connectivity index is 3.04. The van der Waals surface area contributed by atoms with E-state index in [4.69, 9.17) is 11.0 Å². The van der Waals surface area contributed by atoms with Crippen LogP contribution in [0.1, 0.15) is 19.4 Å². The Hall–Kier alpha value is -2.02. The smallest absolute Gasteiger partial charge is 0.163 e. The van der Waals surface area contributed by atoms with E-state index < -0.39 is 0 Å². The Morgan fingerprint density at radius 2 is 2.43 bits per heavy atom. The first-order valence-electron chi connectivity index (χ1n) is 4.24. The van der Waals surface area contributed by atoms with Gasteiger partial charge in [-0.3, -0.25) is 0 Å². The lowest BCUT2D eigenvalue weighted by Crippen LogP contribution is -1.95. The first kappa shape index (κ1) is 10.1. The summed E-state index contributed by atoms with van der Waals surface area (Å²) in [5.41, 5.74) is 6.83. The van der Waals surface area contributed by atoms with Gasteiger partial charge < -0.3 is 5.73 Å². The van der Waals surface area contributed by atoms with Gasteiger partial charge in [-0.25, -0.2) is 4.68 Å². The summed E-state index contributed by atoms with van der Waals surface area (Å²) >= 11 is 0. The van der Waals surface area contributed by atoms with E-state index in [0.717, 1.165) is 5.70 Å². The average molecular weight is 188 g/mol. The Morgan fingerprint density at radius 3 is 2.93 bits per heavy atom. The Morgan fingerprint density at radius 1 is 1.71 bits per heavy atom. The molecule has 0 saturated heterocycles. The zero-order valence-electron chi connectivity index (χ0n) is 8.23. The first-order valence-corrected chi connectivity index (χ1v) is 4.24. The van der Waals surface area contributed by atoms with E-state index >= 15 is 0 Å². The monoisotopic (exact) mass is 188 g/mol. The molecule has 14 heavy (non-hydrogen) atoms. The lowest BCUT2D eigenvalue weighted by atomic mass is 10.3. The second-order valence-corrected chi connectivity index (χ2v) is 2.82. The fourth-order valence-electron chi connectivity index (χ4n) is 0.966. The Kier molecular flexibility index (Phi) is 3.08. The topological polar surface area (TPSA) is 67.6 Å². The van der Waals surface area contributed by atoms with Crippen LogP contribution in [0.25, 0.3) is 5.70 Å². The van der Waals surface area contributed by atoms with Gasteiger partial charge in [0, 0.05) is 5.70 Å². The van der Waals surface area contributed by atoms with Gasteiger partial charge in [0.25, 0.3) is 0 Å². The highest BCUT2D eigenvalue weighted by atomic mass is 15.3. The van der Waals surface area contributed by atoms with Crippen LogP contribution in [-0.4, -0.2) is 9.78 Å². The molecule has 4 heteroatoms. The second-order valence-electron chi connectivity index (χ2n) is 2.82. The van der Waals surface area contributed by atoms with Crippen molar-refractivity contribution in [1.29, 1.82) is 5.26 Å². The minimum atomic E-state index is 0.265. The molecule has 0 amide bonds. The minimum Gasteiger partial charge on any atom is -0.381 e. The van der Waals surface area contributed by atoms with Crippen LogP contribution in [0.3, 0.4) is 0 Å². The number of nitriles is 1. The Labute approximate surface area is 82.9 Å². The molecule has 0 atom stereocenters. The number of nitrogens with zero attached hydrogens (tertiary/aromatic N) is 3. The number of anilines is 1. The van der Waals surface area contributed by atoms with Crippen LogP contribution < -0.4 is 5.73 Å². The number of rotatable bonds is 2. The van der Waals surface area contributed by atoms with Crippen molar-refractivity contribution in [2.45, 2.75) is 13.8 Å². The number of hydrogen-bond acceptors (Lipinski definition) is 3. The third-order valence-corrected chi connectivity index (χ3v) is 1.75. The molecule has 2 N–H and O–H groups in total. The molecular weight excluding hydrogens is 176 g/mol. The van der Waals surface area contributed by atoms with E-state index in [0.29, 0.717) is 5.56 Å². The third kappa shape index (κ3) is 2.02. The van der Waals surface area contributed by atoms with Crippen molar-refractivity contribution in [2.24, 2.45) is 0 Å². The van der Waals surface area contributed by atoms with Crippen molar-refractivity contribution >= 4 is 11.5 Å². The second kappa shape index (κ2) is 4.28. The van der Waals surface area contributed by atoms with Crippen molar-refractivity contribution < 1.29 is 0 Å². The highest BCUT2D eigenvalue weighted by Crippen LogP contribution is 2.11. The van der Waals surface area contributed by atoms with Gasteiger partial charge in [-0.15, -0.1) is 5.10 Å². The quantitative estimate of drug-likeness (QED) is 0.719. The van der Waals surface area contributed by atoms with Crippen LogP contribution in [0.5, 0.6) is 0 Å². The number of nitrogen functional groups attached to an aromatic ring is 1. The summed E-state index contributed by atoms with van der Waals surface area (Å²) in [5, 5.41) is 12.7. The van der Waals surface area contributed by atoms with Crippen LogP contribution in [-0.2, 0) is 0 Å². The normalized spacial score (nSPS) is 11.9. The molecule has 0 aliphatic rings. The van der Waals surface area contributed by atoms with Crippen LogP contribution in [0.4, 0.5) is 5.82 Å². The molecule has 0 fully saturated rings. The number of aromatic nitrogens is 2. The molecule has 4 nitrogen and oxygen atoms in total. The standard InChI is InChI=1S/C10H12N4/c1-3-4-5-8(2)14-7-9(6-11)10(12)13-14/h3-5,7H,1-2H3,(H2,12,13). The molecule has 1 aromatic heterocycles. The number of allylic oxidation sites excluding steroid dienone is 4. The van der Waals surface area contributed by atoms with Crippen molar-refractivity contribution in [3.63, 3.8) is 0 Å². The van der Waals surface area contributed by atoms with Gasteiger partial charge >= 0.3 is 0 Å². The van der Waals surface area contributed by atoms with Gasteiger partial charge in [0.1, 0.15) is 11.6 Å². The highest BCUT2D eigenvalue weighted by Gasteiger charge is 2.04. The summed E-state index contributed by atoms with van der Waals surface area (Å²) in [7, 11) is 0. The SMILES string of the molecule is CC=CC=C(C)n1cc(C#N)c(N)n1. The third-order valence-electron chi connectivity index (χ3n) is 1.75. The van der Waals surface area contributed by atoms with Crippen molar-refractivity contribution in [1.82, 2.24) is 9.78 Å². The average Bonchev–Trinajstić information content (AvgIpc) is 2.56. The van der Waals surface area contributed by atoms with Gasteiger partial charge in [0.2, 0.25) is 0 Å². The van der Waals surface area contributed by atoms with Crippen molar-refractivity contribution in [3.8, 4) is 6.07 Å². The van der Waals surface area contributed by atoms with Crippen molar-refractivity contribution in [3.05, 3.63) is 30.0 Å². The van der Waals surface area contributed by atoms with Crippen molar-refractivity contribution in [2.75, 3.05) is 5.73 Å². The summed E-state index contributed by atoms with van der Waals surface area (Å²) in [6, 6.07) is 1.97. The maximum absolute atomic E-state index is 8.67. The molecule has 0 aliphatic carbocycles. The summed E-state index contributed by atoms with van der Waals surface area (Å²) in [6.07, 6.45) is 7.33. The lowest BCUT2D eigenvalue weighted by Gasteiger charge is -1.97. The van der Waals surface area contributed by atoms with E-state index in [1.807, 2.05) is 38.1 Å². The molecule has 1 heterocycles. The van der Waals surface area contributed by atoms with Gasteiger partial charge in [-0.05, 0) is 19.9 Å². The first-order chi connectivity index (χ1) is 6.69. The summed E-state index contributed by atoms with van der Waals surface area (Å²) in [5.74, 6) is 0.265. The van der Waals surface area contributed by atoms with Gasteiger partial charge in [0.15, 0.2) is 5.82 Å². The molecule has 0 unspecified atom stereocenters. The predicted octanol–water partition coefficient (Wildman–Crippen LogP) is 1.77. The van der Waals surface area contributed by atoms with E-state index in [9.17, 15) is 0 Å². The maximum atomic E-state index is 8.67.